The van der Waals surface area contributed by atoms with Gasteiger partial charge >= 0.3 is 0 Å². The molecule has 0 spiro atoms. The van der Waals surface area contributed by atoms with Gasteiger partial charge in [-0.25, -0.2) is 16.8 Å². The van der Waals surface area contributed by atoms with Gasteiger partial charge < -0.3 is 9.11 Å². The lowest BCUT2D eigenvalue weighted by molar-refractivity contribution is 0.436. The second-order valence-electron chi connectivity index (χ2n) is 2.25. The normalized spacial score (nSPS) is 15.9. The van der Waals surface area contributed by atoms with Crippen molar-refractivity contribution >= 4 is 20.2 Å². The second-order valence-corrected chi connectivity index (χ2v) is 5.35. The summed E-state index contributed by atoms with van der Waals surface area (Å²) in [5.74, 6) is -1.14. The lowest BCUT2D eigenvalue weighted by Crippen LogP contribution is -2.28. The van der Waals surface area contributed by atoms with Gasteiger partial charge in [-0.3, -0.25) is 0 Å². The van der Waals surface area contributed by atoms with E-state index in [1.807, 2.05) is 0 Å². The predicted molar refractivity (Wildman–Crippen MR) is 38.3 cm³/mol. The molecule has 12 heavy (non-hydrogen) atoms. The fourth-order valence-corrected chi connectivity index (χ4v) is 2.90. The first kappa shape index (κ1) is 11.8. The molecule has 1 atom stereocenters. The van der Waals surface area contributed by atoms with Crippen molar-refractivity contribution in [2.45, 2.75) is 18.6 Å². The Morgan fingerprint density at radius 1 is 1.17 bits per heavy atom. The highest BCUT2D eigenvalue weighted by Crippen LogP contribution is 2.05. The van der Waals surface area contributed by atoms with Gasteiger partial charge in [-0.05, 0) is 6.42 Å². The first-order chi connectivity index (χ1) is 5.17. The summed E-state index contributed by atoms with van der Waals surface area (Å²) in [5.41, 5.74) is 0. The molecule has 0 radical (unpaired) electrons. The first-order valence-corrected chi connectivity index (χ1v) is 6.10. The van der Waals surface area contributed by atoms with Crippen LogP contribution in [0, 0.1) is 0 Å². The van der Waals surface area contributed by atoms with Gasteiger partial charge in [0.25, 0.3) is 0 Å². The van der Waals surface area contributed by atoms with E-state index >= 15 is 0 Å². The van der Waals surface area contributed by atoms with Crippen LogP contribution < -0.4 is 0 Å². The summed E-state index contributed by atoms with van der Waals surface area (Å²) in [6, 6.07) is 0. The van der Waals surface area contributed by atoms with Crippen LogP contribution in [0.5, 0.6) is 0 Å². The third-order valence-electron chi connectivity index (χ3n) is 1.25. The maximum atomic E-state index is 10.3. The Morgan fingerprint density at radius 2 is 1.58 bits per heavy atom. The van der Waals surface area contributed by atoms with E-state index in [0.29, 0.717) is 0 Å². The number of hydrogen-bond donors (Lipinski definition) is 0. The van der Waals surface area contributed by atoms with Crippen molar-refractivity contribution in [3.8, 4) is 0 Å². The fraction of sp³-hybridized carbons (Fsp3) is 1.00. The van der Waals surface area contributed by atoms with Gasteiger partial charge in [0.1, 0.15) is 0 Å². The van der Waals surface area contributed by atoms with E-state index in [1.54, 1.807) is 0 Å². The largest absolute Gasteiger partial charge is 0.748 e. The topological polar surface area (TPSA) is 114 Å². The van der Waals surface area contributed by atoms with Gasteiger partial charge in [-0.2, -0.15) is 0 Å². The highest BCUT2D eigenvalue weighted by atomic mass is 32.2. The summed E-state index contributed by atoms with van der Waals surface area (Å²) in [7, 11) is -9.33. The molecule has 0 aromatic heterocycles. The van der Waals surface area contributed by atoms with Crippen molar-refractivity contribution in [1.82, 2.24) is 0 Å². The van der Waals surface area contributed by atoms with E-state index in [2.05, 4.69) is 0 Å². The van der Waals surface area contributed by atoms with Gasteiger partial charge in [0.15, 0.2) is 0 Å². The van der Waals surface area contributed by atoms with Crippen LogP contribution in [-0.4, -0.2) is 36.9 Å². The summed E-state index contributed by atoms with van der Waals surface area (Å²) in [5, 5.41) is -1.63. The van der Waals surface area contributed by atoms with Crippen molar-refractivity contribution in [2.75, 3.05) is 5.75 Å². The van der Waals surface area contributed by atoms with Crippen LogP contribution in [0.2, 0.25) is 0 Å². The minimum absolute atomic E-state index is 0.173. The third-order valence-corrected chi connectivity index (χ3v) is 3.59. The van der Waals surface area contributed by atoms with E-state index in [9.17, 15) is 25.9 Å². The summed E-state index contributed by atoms with van der Waals surface area (Å²) in [6.45, 7) is 1.32. The van der Waals surface area contributed by atoms with Gasteiger partial charge in [0.2, 0.25) is 0 Å². The minimum Gasteiger partial charge on any atom is -0.748 e. The van der Waals surface area contributed by atoms with Gasteiger partial charge in [0, 0.05) is 0 Å². The van der Waals surface area contributed by atoms with Crippen LogP contribution >= 0.6 is 0 Å². The smallest absolute Gasteiger partial charge is 0.0985 e. The summed E-state index contributed by atoms with van der Waals surface area (Å²) < 4.78 is 61.1. The molecule has 0 aliphatic rings. The molecule has 0 saturated heterocycles. The SMILES string of the molecule is CCC(CS(=O)(=O)[O-])S(=O)(=O)[O-]. The highest BCUT2D eigenvalue weighted by molar-refractivity contribution is 7.90. The minimum atomic E-state index is -4.68. The molecular weight excluding hydrogens is 208 g/mol. The zero-order chi connectivity index (χ0) is 9.99. The van der Waals surface area contributed by atoms with Crippen LogP contribution in [0.1, 0.15) is 13.3 Å². The van der Waals surface area contributed by atoms with Crippen molar-refractivity contribution in [2.24, 2.45) is 0 Å². The molecule has 0 heterocycles. The third kappa shape index (κ3) is 4.65. The predicted octanol–water partition coefficient (Wildman–Crippen LogP) is -1.14. The second kappa shape index (κ2) is 3.69. The van der Waals surface area contributed by atoms with E-state index < -0.39 is 31.2 Å². The molecule has 0 amide bonds. The Hall–Kier alpha value is -0.180. The van der Waals surface area contributed by atoms with Crippen molar-refractivity contribution in [1.29, 1.82) is 0 Å². The molecule has 1 unspecified atom stereocenters. The molecule has 0 fully saturated rings. The summed E-state index contributed by atoms with van der Waals surface area (Å²) >= 11 is 0. The van der Waals surface area contributed by atoms with Crippen LogP contribution in [0.15, 0.2) is 0 Å². The highest BCUT2D eigenvalue weighted by Gasteiger charge is 2.16. The Morgan fingerprint density at radius 3 is 1.67 bits per heavy atom. The average Bonchev–Trinajstić information content (AvgIpc) is 1.78. The standard InChI is InChI=1S/C4H10O6S2/c1-2-4(12(8,9)10)3-11(5,6)7/h4H,2-3H2,1H3,(H,5,6,7)(H,8,9,10)/p-2. The lowest BCUT2D eigenvalue weighted by atomic mass is 10.4. The van der Waals surface area contributed by atoms with Gasteiger partial charge in [0.05, 0.1) is 31.2 Å². The molecule has 6 nitrogen and oxygen atoms in total. The van der Waals surface area contributed by atoms with Crippen molar-refractivity contribution < 1.29 is 25.9 Å². The molecule has 0 N–H and O–H groups in total. The van der Waals surface area contributed by atoms with Crippen LogP contribution in [-0.2, 0) is 20.2 Å². The van der Waals surface area contributed by atoms with E-state index in [1.165, 1.54) is 6.92 Å². The fourth-order valence-electron chi connectivity index (χ4n) is 0.633. The molecule has 8 heteroatoms. The zero-order valence-corrected chi connectivity index (χ0v) is 7.89. The number of rotatable bonds is 4. The maximum Gasteiger partial charge on any atom is 0.0985 e. The van der Waals surface area contributed by atoms with E-state index in [-0.39, 0.29) is 6.42 Å². The Labute approximate surface area is 71.1 Å². The molecule has 0 aliphatic carbocycles. The van der Waals surface area contributed by atoms with Crippen molar-refractivity contribution in [3.63, 3.8) is 0 Å². The first-order valence-electron chi connectivity index (χ1n) is 3.05. The van der Waals surface area contributed by atoms with Gasteiger partial charge in [-0.15, -0.1) is 0 Å². The van der Waals surface area contributed by atoms with Crippen LogP contribution in [0.25, 0.3) is 0 Å². The molecule has 0 aliphatic heterocycles. The number of hydrogen-bond acceptors (Lipinski definition) is 6. The monoisotopic (exact) mass is 216 g/mol. The average molecular weight is 216 g/mol. The molecule has 0 aromatic rings. The van der Waals surface area contributed by atoms with E-state index in [4.69, 9.17) is 0 Å². The quantitative estimate of drug-likeness (QED) is 0.548. The summed E-state index contributed by atoms with van der Waals surface area (Å²) in [4.78, 5) is 0. The van der Waals surface area contributed by atoms with Crippen LogP contribution in [0.3, 0.4) is 0 Å². The Kier molecular flexibility index (Phi) is 3.63. The molecule has 0 rings (SSSR count). The molecular formula is C4H8O6S2-2. The van der Waals surface area contributed by atoms with Crippen molar-refractivity contribution in [3.05, 3.63) is 0 Å². The Bertz CT molecular complexity index is 325. The molecule has 0 aromatic carbocycles. The molecule has 74 valence electrons. The maximum absolute atomic E-state index is 10.3. The summed E-state index contributed by atoms with van der Waals surface area (Å²) in [6.07, 6.45) is -0.173. The van der Waals surface area contributed by atoms with Gasteiger partial charge in [-0.1, -0.05) is 6.92 Å². The molecule has 0 saturated carbocycles. The molecule has 0 bridgehead atoms. The van der Waals surface area contributed by atoms with E-state index in [0.717, 1.165) is 0 Å². The zero-order valence-electron chi connectivity index (χ0n) is 6.26. The Balaban J connectivity index is 4.64. The lowest BCUT2D eigenvalue weighted by Gasteiger charge is -2.19. The van der Waals surface area contributed by atoms with Crippen LogP contribution in [0.4, 0.5) is 0 Å².